The van der Waals surface area contributed by atoms with Gasteiger partial charge >= 0.3 is 6.18 Å². The maximum atomic E-state index is 13.2. The number of furan rings is 1. The monoisotopic (exact) mass is 539 g/mol. The van der Waals surface area contributed by atoms with Crippen molar-refractivity contribution in [3.63, 3.8) is 0 Å². The zero-order valence-electron chi connectivity index (χ0n) is 20.0. The number of rotatable bonds is 7. The third kappa shape index (κ3) is 6.68. The van der Waals surface area contributed by atoms with Crippen LogP contribution >= 0.6 is 11.6 Å². The third-order valence-corrected chi connectivity index (χ3v) is 5.81. The van der Waals surface area contributed by atoms with Gasteiger partial charge in [-0.2, -0.15) is 13.2 Å². The first-order valence-corrected chi connectivity index (χ1v) is 11.7. The molecule has 4 aromatic rings. The highest BCUT2D eigenvalue weighted by molar-refractivity contribution is 6.33. The number of aryl methyl sites for hydroxylation is 1. The molecule has 0 fully saturated rings. The minimum absolute atomic E-state index is 0.0357. The molecule has 2 aromatic carbocycles. The number of amides is 2. The molecular weight excluding hydrogens is 519 g/mol. The average Bonchev–Trinajstić information content (AvgIpc) is 3.35. The summed E-state index contributed by atoms with van der Waals surface area (Å²) in [4.78, 5) is 29.8. The second-order valence-electron chi connectivity index (χ2n) is 8.31. The van der Waals surface area contributed by atoms with Gasteiger partial charge in [-0.1, -0.05) is 29.3 Å². The van der Waals surface area contributed by atoms with Crippen molar-refractivity contribution in [2.45, 2.75) is 19.6 Å². The van der Waals surface area contributed by atoms with Crippen molar-refractivity contribution in [1.82, 2.24) is 15.6 Å². The molecule has 10 heteroatoms. The summed E-state index contributed by atoms with van der Waals surface area (Å²) >= 11 is 6.13. The minimum Gasteiger partial charge on any atom is -0.457 e. The lowest BCUT2D eigenvalue weighted by Gasteiger charge is -2.11. The van der Waals surface area contributed by atoms with Crippen molar-refractivity contribution < 1.29 is 27.2 Å². The van der Waals surface area contributed by atoms with E-state index in [0.29, 0.717) is 5.56 Å². The van der Waals surface area contributed by atoms with E-state index in [1.807, 2.05) is 6.92 Å². The van der Waals surface area contributed by atoms with Gasteiger partial charge in [-0.05, 0) is 67.1 Å². The molecular formula is C28H21ClF3N3O3. The van der Waals surface area contributed by atoms with E-state index < -0.39 is 23.6 Å². The Balaban J connectivity index is 1.63. The van der Waals surface area contributed by atoms with Crippen LogP contribution in [0.2, 0.25) is 5.02 Å². The number of nitrogens with one attached hydrogen (secondary N) is 2. The Bertz CT molecular complexity index is 1480. The lowest BCUT2D eigenvalue weighted by atomic mass is 10.1. The maximum absolute atomic E-state index is 13.2. The van der Waals surface area contributed by atoms with Gasteiger partial charge < -0.3 is 15.1 Å². The van der Waals surface area contributed by atoms with Gasteiger partial charge in [0.05, 0.1) is 10.6 Å². The van der Waals surface area contributed by atoms with Crippen LogP contribution in [0.5, 0.6) is 0 Å². The van der Waals surface area contributed by atoms with Crippen LogP contribution in [-0.4, -0.2) is 16.8 Å². The summed E-state index contributed by atoms with van der Waals surface area (Å²) in [6, 6.07) is 16.0. The van der Waals surface area contributed by atoms with E-state index in [4.69, 9.17) is 16.0 Å². The molecule has 6 nitrogen and oxygen atoms in total. The zero-order chi connectivity index (χ0) is 27.3. The lowest BCUT2D eigenvalue weighted by Crippen LogP contribution is -2.34. The number of benzene rings is 2. The summed E-state index contributed by atoms with van der Waals surface area (Å²) in [6.07, 6.45) is -0.102. The Morgan fingerprint density at radius 1 is 1.00 bits per heavy atom. The number of halogens is 4. The fourth-order valence-electron chi connectivity index (χ4n) is 3.44. The average molecular weight is 540 g/mol. The third-order valence-electron chi connectivity index (χ3n) is 5.48. The van der Waals surface area contributed by atoms with E-state index in [1.54, 1.807) is 48.8 Å². The first-order chi connectivity index (χ1) is 18.1. The Morgan fingerprint density at radius 3 is 2.39 bits per heavy atom. The van der Waals surface area contributed by atoms with Gasteiger partial charge in [0, 0.05) is 36.1 Å². The SMILES string of the molecule is Cc1ccc(C(=O)N/C(=C/c2ccc(-c3cc(C(F)(F)F)ccc3Cl)o2)C(=O)NCc2ccncc2)cc1. The number of hydrogen-bond acceptors (Lipinski definition) is 4. The highest BCUT2D eigenvalue weighted by Crippen LogP contribution is 2.36. The molecule has 2 heterocycles. The summed E-state index contributed by atoms with van der Waals surface area (Å²) in [5.41, 5.74) is 1.11. The highest BCUT2D eigenvalue weighted by atomic mass is 35.5. The second kappa shape index (κ2) is 11.4. The van der Waals surface area contributed by atoms with Crippen LogP contribution in [0.1, 0.15) is 32.8 Å². The molecule has 0 bridgehead atoms. The summed E-state index contributed by atoms with van der Waals surface area (Å²) < 4.78 is 45.3. The Kier molecular flexibility index (Phi) is 7.97. The Morgan fingerprint density at radius 2 is 1.71 bits per heavy atom. The summed E-state index contributed by atoms with van der Waals surface area (Å²) in [5.74, 6) is -0.944. The summed E-state index contributed by atoms with van der Waals surface area (Å²) in [6.45, 7) is 2.05. The van der Waals surface area contributed by atoms with Crippen molar-refractivity contribution in [2.24, 2.45) is 0 Å². The topological polar surface area (TPSA) is 84.2 Å². The molecule has 2 N–H and O–H groups in total. The van der Waals surface area contributed by atoms with Gasteiger partial charge in [0.25, 0.3) is 11.8 Å². The number of carbonyl (C=O) groups excluding carboxylic acids is 2. The van der Waals surface area contributed by atoms with Crippen LogP contribution in [0, 0.1) is 6.92 Å². The first-order valence-electron chi connectivity index (χ1n) is 11.3. The molecule has 0 unspecified atom stereocenters. The van der Waals surface area contributed by atoms with Gasteiger partial charge in [-0.15, -0.1) is 0 Å². The molecule has 0 saturated heterocycles. The smallest absolute Gasteiger partial charge is 0.416 e. The van der Waals surface area contributed by atoms with Gasteiger partial charge in [-0.25, -0.2) is 0 Å². The molecule has 0 radical (unpaired) electrons. The predicted octanol–water partition coefficient (Wildman–Crippen LogP) is 6.41. The molecule has 194 valence electrons. The second-order valence-corrected chi connectivity index (χ2v) is 8.72. The molecule has 4 rings (SSSR count). The summed E-state index contributed by atoms with van der Waals surface area (Å²) in [5, 5.41) is 5.37. The van der Waals surface area contributed by atoms with Crippen molar-refractivity contribution in [3.05, 3.63) is 118 Å². The van der Waals surface area contributed by atoms with E-state index >= 15 is 0 Å². The van der Waals surface area contributed by atoms with Crippen LogP contribution in [-0.2, 0) is 17.5 Å². The number of alkyl halides is 3. The van der Waals surface area contributed by atoms with Crippen molar-refractivity contribution in [3.8, 4) is 11.3 Å². The molecule has 2 aromatic heterocycles. The molecule has 0 aliphatic carbocycles. The van der Waals surface area contributed by atoms with Crippen molar-refractivity contribution in [1.29, 1.82) is 0 Å². The fraction of sp³-hybridized carbons (Fsp3) is 0.107. The fourth-order valence-corrected chi connectivity index (χ4v) is 3.65. The normalized spacial score (nSPS) is 11.8. The van der Waals surface area contributed by atoms with Crippen LogP contribution < -0.4 is 10.6 Å². The van der Waals surface area contributed by atoms with E-state index in [1.165, 1.54) is 18.2 Å². The first kappa shape index (κ1) is 26.7. The quantitative estimate of drug-likeness (QED) is 0.266. The van der Waals surface area contributed by atoms with E-state index in [-0.39, 0.29) is 34.3 Å². The largest absolute Gasteiger partial charge is 0.457 e. The Hall–Kier alpha value is -4.37. The van der Waals surface area contributed by atoms with E-state index in [9.17, 15) is 22.8 Å². The van der Waals surface area contributed by atoms with E-state index in [0.717, 1.165) is 29.3 Å². The predicted molar refractivity (Wildman–Crippen MR) is 137 cm³/mol. The summed E-state index contributed by atoms with van der Waals surface area (Å²) in [7, 11) is 0. The molecule has 38 heavy (non-hydrogen) atoms. The van der Waals surface area contributed by atoms with Crippen molar-refractivity contribution >= 4 is 29.5 Å². The molecule has 0 aliphatic rings. The van der Waals surface area contributed by atoms with Gasteiger partial charge in [-0.3, -0.25) is 14.6 Å². The van der Waals surface area contributed by atoms with Gasteiger partial charge in [0.15, 0.2) is 0 Å². The van der Waals surface area contributed by atoms with Crippen molar-refractivity contribution in [2.75, 3.05) is 0 Å². The maximum Gasteiger partial charge on any atom is 0.416 e. The zero-order valence-corrected chi connectivity index (χ0v) is 20.7. The lowest BCUT2D eigenvalue weighted by molar-refractivity contribution is -0.137. The van der Waals surface area contributed by atoms with Crippen LogP contribution in [0.4, 0.5) is 13.2 Å². The number of pyridine rings is 1. The minimum atomic E-state index is -4.56. The number of aromatic nitrogens is 1. The van der Waals surface area contributed by atoms with Gasteiger partial charge in [0.2, 0.25) is 0 Å². The Labute approximate surface area is 221 Å². The number of hydrogen-bond donors (Lipinski definition) is 2. The molecule has 0 aliphatic heterocycles. The highest BCUT2D eigenvalue weighted by Gasteiger charge is 2.31. The number of carbonyl (C=O) groups is 2. The molecule has 2 amide bonds. The molecule has 0 spiro atoms. The number of nitrogens with zero attached hydrogens (tertiary/aromatic N) is 1. The van der Waals surface area contributed by atoms with Crippen LogP contribution in [0.15, 0.2) is 89.2 Å². The standard InChI is InChI=1S/C28H21ClF3N3O3/c1-17-2-4-19(5-3-17)26(36)35-24(27(37)34-16-18-10-12-33-13-11-18)15-21-7-9-25(38-21)22-14-20(28(30,31)32)6-8-23(22)29/h2-15H,16H2,1H3,(H,34,37)(H,35,36)/b24-15+. The van der Waals surface area contributed by atoms with Crippen LogP contribution in [0.3, 0.4) is 0 Å². The molecule has 0 saturated carbocycles. The molecule has 0 atom stereocenters. The van der Waals surface area contributed by atoms with E-state index in [2.05, 4.69) is 15.6 Å². The van der Waals surface area contributed by atoms with Gasteiger partial charge in [0.1, 0.15) is 17.2 Å². The van der Waals surface area contributed by atoms with Crippen LogP contribution in [0.25, 0.3) is 17.4 Å².